The van der Waals surface area contributed by atoms with E-state index in [1.54, 1.807) is 17.6 Å². The molecule has 0 aliphatic carbocycles. The van der Waals surface area contributed by atoms with Gasteiger partial charge in [-0.15, -0.1) is 0 Å². The Hall–Kier alpha value is -3.51. The van der Waals surface area contributed by atoms with Crippen molar-refractivity contribution in [3.8, 4) is 5.75 Å². The molecule has 2 aromatic carbocycles. The van der Waals surface area contributed by atoms with Crippen LogP contribution in [-0.4, -0.2) is 54.3 Å². The van der Waals surface area contributed by atoms with Gasteiger partial charge < -0.3 is 15.0 Å². The van der Waals surface area contributed by atoms with E-state index in [-0.39, 0.29) is 29.5 Å². The van der Waals surface area contributed by atoms with Crippen molar-refractivity contribution < 1.29 is 36.7 Å². The summed E-state index contributed by atoms with van der Waals surface area (Å²) in [6, 6.07) is 6.50. The zero-order chi connectivity index (χ0) is 28.2. The Morgan fingerprint density at radius 1 is 1.13 bits per heavy atom. The number of hydrogen-bond donors (Lipinski definition) is 3. The number of carbonyl (C=O) groups is 1. The van der Waals surface area contributed by atoms with E-state index in [9.17, 15) is 27.6 Å². The number of likely N-dealkylation sites (tertiary alicyclic amines) is 1. The maximum absolute atomic E-state index is 15.5. The first-order valence-corrected chi connectivity index (χ1v) is 12.5. The number of carbonyl (C=O) groups excluding carboxylic acids is 1. The smallest absolute Gasteiger partial charge is 0.249 e. The Balaban J connectivity index is 1.39. The Morgan fingerprint density at radius 2 is 1.82 bits per heavy atom. The lowest BCUT2D eigenvalue weighted by atomic mass is 9.73. The topological polar surface area (TPSA) is 86.7 Å². The van der Waals surface area contributed by atoms with Crippen LogP contribution >= 0.6 is 0 Å². The van der Waals surface area contributed by atoms with E-state index in [0.717, 1.165) is 18.3 Å². The summed E-state index contributed by atoms with van der Waals surface area (Å²) >= 11 is 0. The number of aromatic nitrogens is 1. The minimum absolute atomic E-state index is 0.0635. The van der Waals surface area contributed by atoms with Gasteiger partial charge in [0, 0.05) is 41.9 Å². The van der Waals surface area contributed by atoms with E-state index in [4.69, 9.17) is 4.74 Å². The van der Waals surface area contributed by atoms with Crippen molar-refractivity contribution in [1.29, 1.82) is 0 Å². The summed E-state index contributed by atoms with van der Waals surface area (Å²) < 4.78 is 75.4. The fourth-order valence-electron chi connectivity index (χ4n) is 5.09. The summed E-state index contributed by atoms with van der Waals surface area (Å²) in [5.41, 5.74) is 0.977. The zero-order valence-electron chi connectivity index (χ0n) is 21.2. The summed E-state index contributed by atoms with van der Waals surface area (Å²) in [6.07, 6.45) is -0.255. The highest BCUT2D eigenvalue weighted by Crippen LogP contribution is 2.41. The third-order valence-electron chi connectivity index (χ3n) is 7.40. The monoisotopic (exact) mass is 552 g/mol. The zero-order valence-corrected chi connectivity index (χ0v) is 21.2. The number of piperidine rings is 1. The molecule has 0 radical (unpaired) electrons. The van der Waals surface area contributed by atoms with Crippen molar-refractivity contribution in [2.24, 2.45) is 5.41 Å². The third-order valence-corrected chi connectivity index (χ3v) is 7.40. The van der Waals surface area contributed by atoms with Crippen LogP contribution in [0.3, 0.4) is 0 Å². The number of hydroxylamine groups is 1. The van der Waals surface area contributed by atoms with Crippen LogP contribution in [0.25, 0.3) is 10.9 Å². The molecule has 39 heavy (non-hydrogen) atoms. The van der Waals surface area contributed by atoms with Crippen LogP contribution in [0.4, 0.5) is 27.6 Å². The van der Waals surface area contributed by atoms with Gasteiger partial charge in [-0.3, -0.25) is 15.0 Å². The molecule has 1 amide bonds. The summed E-state index contributed by atoms with van der Waals surface area (Å²) in [4.78, 5) is 18.7. The van der Waals surface area contributed by atoms with Gasteiger partial charge in [-0.25, -0.2) is 27.4 Å². The first-order valence-electron chi connectivity index (χ1n) is 12.5. The molecule has 3 aromatic rings. The Bertz CT molecular complexity index is 1310. The van der Waals surface area contributed by atoms with Crippen LogP contribution in [0.5, 0.6) is 5.75 Å². The van der Waals surface area contributed by atoms with Gasteiger partial charge in [0.1, 0.15) is 17.7 Å². The van der Waals surface area contributed by atoms with Gasteiger partial charge in [0.2, 0.25) is 5.91 Å². The molecule has 7 nitrogen and oxygen atoms in total. The largest absolute Gasteiger partial charge is 0.497 e. The van der Waals surface area contributed by atoms with Crippen LogP contribution in [0, 0.1) is 28.7 Å². The summed E-state index contributed by atoms with van der Waals surface area (Å²) in [7, 11) is 1.45. The number of benzene rings is 2. The van der Waals surface area contributed by atoms with E-state index < -0.39 is 40.8 Å². The molecule has 1 aliphatic heterocycles. The second-order valence-corrected chi connectivity index (χ2v) is 9.65. The predicted octanol–water partition coefficient (Wildman–Crippen LogP) is 5.29. The standard InChI is InChI=1S/C27H29F5N4O3/c1-39-17-2-3-23-18(14-17)24(22(31)15-34-23)19(28)4-5-27(26(37)35-38)6-9-36(10-7-27)11-8-33-16-12-20(29)25(32)21(30)13-16/h2-3,12-15,19,33,38H,4-11H2,1H3,(H,35,37). The number of alkyl halides is 1. The molecular formula is C27H29F5N4O3. The van der Waals surface area contributed by atoms with Crippen molar-refractivity contribution in [2.45, 2.75) is 31.9 Å². The second kappa shape index (κ2) is 12.1. The molecule has 3 N–H and O–H groups in total. The molecule has 0 spiro atoms. The first kappa shape index (κ1) is 28.5. The molecule has 0 bridgehead atoms. The molecule has 12 heteroatoms. The van der Waals surface area contributed by atoms with Crippen LogP contribution in [0.2, 0.25) is 0 Å². The second-order valence-electron chi connectivity index (χ2n) is 9.65. The number of nitrogens with one attached hydrogen (secondary N) is 2. The average Bonchev–Trinajstić information content (AvgIpc) is 2.94. The number of pyridine rings is 1. The fourth-order valence-corrected chi connectivity index (χ4v) is 5.09. The SMILES string of the molecule is COc1ccc2ncc(F)c(C(F)CCC3(C(=O)NO)CCN(CCNc4cc(F)c(F)c(F)c4)CC3)c2c1. The molecule has 1 unspecified atom stereocenters. The van der Waals surface area contributed by atoms with E-state index in [2.05, 4.69) is 10.3 Å². The number of fused-ring (bicyclic) bond motifs is 1. The molecule has 1 saturated heterocycles. The van der Waals surface area contributed by atoms with Gasteiger partial charge in [0.15, 0.2) is 17.5 Å². The highest BCUT2D eigenvalue weighted by Gasteiger charge is 2.41. The minimum atomic E-state index is -1.73. The number of halogens is 5. The van der Waals surface area contributed by atoms with Gasteiger partial charge in [0.05, 0.1) is 24.2 Å². The number of methoxy groups -OCH3 is 1. The molecule has 1 aliphatic rings. The Kier molecular flexibility index (Phi) is 8.86. The normalized spacial score (nSPS) is 16.2. The van der Waals surface area contributed by atoms with Gasteiger partial charge in [-0.05, 0) is 57.0 Å². The average molecular weight is 553 g/mol. The summed E-state index contributed by atoms with van der Waals surface area (Å²) in [6.45, 7) is 1.62. The van der Waals surface area contributed by atoms with E-state index >= 15 is 4.39 Å². The lowest BCUT2D eigenvalue weighted by Gasteiger charge is -2.40. The number of ether oxygens (including phenoxy) is 1. The van der Waals surface area contributed by atoms with Crippen molar-refractivity contribution in [2.75, 3.05) is 38.6 Å². The minimum Gasteiger partial charge on any atom is -0.497 e. The number of anilines is 1. The lowest BCUT2D eigenvalue weighted by Crippen LogP contribution is -2.49. The van der Waals surface area contributed by atoms with Crippen LogP contribution in [0.1, 0.15) is 37.4 Å². The van der Waals surface area contributed by atoms with Crippen molar-refractivity contribution in [3.05, 3.63) is 65.4 Å². The molecule has 1 aromatic heterocycles. The first-order chi connectivity index (χ1) is 18.7. The highest BCUT2D eigenvalue weighted by atomic mass is 19.2. The Labute approximate surface area is 221 Å². The fraction of sp³-hybridized carbons (Fsp3) is 0.407. The summed E-state index contributed by atoms with van der Waals surface area (Å²) in [5.74, 6) is -5.12. The van der Waals surface area contributed by atoms with Gasteiger partial charge in [-0.1, -0.05) is 0 Å². The number of amides is 1. The van der Waals surface area contributed by atoms with Crippen molar-refractivity contribution >= 4 is 22.5 Å². The van der Waals surface area contributed by atoms with E-state index in [1.807, 2.05) is 4.90 Å². The van der Waals surface area contributed by atoms with Gasteiger partial charge in [0.25, 0.3) is 0 Å². The van der Waals surface area contributed by atoms with Crippen LogP contribution in [0.15, 0.2) is 36.5 Å². The maximum atomic E-state index is 15.5. The van der Waals surface area contributed by atoms with E-state index in [0.29, 0.717) is 50.3 Å². The van der Waals surface area contributed by atoms with Crippen LogP contribution < -0.4 is 15.5 Å². The quantitative estimate of drug-likeness (QED) is 0.137. The van der Waals surface area contributed by atoms with Gasteiger partial charge in [-0.2, -0.15) is 0 Å². The third kappa shape index (κ3) is 6.22. The molecule has 1 fully saturated rings. The molecule has 210 valence electrons. The van der Waals surface area contributed by atoms with Crippen LogP contribution in [-0.2, 0) is 4.79 Å². The number of nitrogens with zero attached hydrogens (tertiary/aromatic N) is 2. The molecule has 2 heterocycles. The van der Waals surface area contributed by atoms with Crippen molar-refractivity contribution in [1.82, 2.24) is 15.4 Å². The molecule has 4 rings (SSSR count). The lowest BCUT2D eigenvalue weighted by molar-refractivity contribution is -0.143. The molecular weight excluding hydrogens is 523 g/mol. The number of rotatable bonds is 10. The highest BCUT2D eigenvalue weighted by molar-refractivity contribution is 5.84. The maximum Gasteiger partial charge on any atom is 0.249 e. The number of hydrogen-bond acceptors (Lipinski definition) is 6. The van der Waals surface area contributed by atoms with Crippen molar-refractivity contribution in [3.63, 3.8) is 0 Å². The summed E-state index contributed by atoms with van der Waals surface area (Å²) in [5, 5.41) is 12.5. The predicted molar refractivity (Wildman–Crippen MR) is 134 cm³/mol. The van der Waals surface area contributed by atoms with E-state index in [1.165, 1.54) is 13.2 Å². The van der Waals surface area contributed by atoms with Gasteiger partial charge >= 0.3 is 0 Å². The molecule has 0 saturated carbocycles. The Morgan fingerprint density at radius 3 is 2.46 bits per heavy atom. The molecule has 1 atom stereocenters.